The fourth-order valence-corrected chi connectivity index (χ4v) is 3.08. The lowest BCUT2D eigenvalue weighted by Crippen LogP contribution is -2.44. The number of fused-ring (bicyclic) bond motifs is 1. The van der Waals surface area contributed by atoms with Crippen LogP contribution in [0.15, 0.2) is 4.79 Å². The minimum absolute atomic E-state index is 0.0650. The second-order valence-electron chi connectivity index (χ2n) is 6.45. The zero-order valence-corrected chi connectivity index (χ0v) is 16.2. The van der Waals surface area contributed by atoms with E-state index in [9.17, 15) is 14.7 Å². The molecule has 3 rings (SSSR count). The van der Waals surface area contributed by atoms with Crippen LogP contribution in [0.1, 0.15) is 20.3 Å². The zero-order valence-electron chi connectivity index (χ0n) is 16.2. The molecule has 1 aliphatic heterocycles. The summed E-state index contributed by atoms with van der Waals surface area (Å²) in [5, 5.41) is 12.5. The number of imidazole rings is 1. The van der Waals surface area contributed by atoms with E-state index in [2.05, 4.69) is 32.0 Å². The number of piperazine rings is 1. The number of rotatable bonds is 6. The summed E-state index contributed by atoms with van der Waals surface area (Å²) in [6.07, 6.45) is -0.841. The summed E-state index contributed by atoms with van der Waals surface area (Å²) in [7, 11) is 1.51. The first-order chi connectivity index (χ1) is 13.5. The van der Waals surface area contributed by atoms with Crippen LogP contribution in [-0.4, -0.2) is 62.5 Å². The molecule has 2 N–H and O–H groups in total. The lowest BCUT2D eigenvalue weighted by Gasteiger charge is -2.28. The average molecular weight is 388 g/mol. The maximum atomic E-state index is 13.0. The summed E-state index contributed by atoms with van der Waals surface area (Å²) in [6, 6.07) is -0.0650. The molecular formula is C18H24N6O4. The van der Waals surface area contributed by atoms with Gasteiger partial charge in [-0.2, -0.15) is 9.97 Å². The van der Waals surface area contributed by atoms with Crippen molar-refractivity contribution in [2.45, 2.75) is 32.9 Å². The Morgan fingerprint density at radius 3 is 2.68 bits per heavy atom. The van der Waals surface area contributed by atoms with Crippen LogP contribution in [0.4, 0.5) is 5.95 Å². The Morgan fingerprint density at radius 2 is 2.07 bits per heavy atom. The Hall–Kier alpha value is -3.06. The van der Waals surface area contributed by atoms with Crippen LogP contribution in [0.3, 0.4) is 0 Å². The van der Waals surface area contributed by atoms with E-state index in [4.69, 9.17) is 4.74 Å². The third-order valence-electron chi connectivity index (χ3n) is 4.63. The number of hydrogen-bond donors (Lipinski definition) is 2. The normalized spacial score (nSPS) is 15.2. The number of carboxylic acids is 1. The fraction of sp³-hybridized carbons (Fsp3) is 0.556. The van der Waals surface area contributed by atoms with Gasteiger partial charge in [0.15, 0.2) is 17.3 Å². The van der Waals surface area contributed by atoms with Crippen molar-refractivity contribution in [3.8, 4) is 17.9 Å². The average Bonchev–Trinajstić information content (AvgIpc) is 3.06. The minimum atomic E-state index is -1.11. The predicted octanol–water partition coefficient (Wildman–Crippen LogP) is -0.195. The SMILES string of the molecule is CC#CCn1c(N2CCNCC2)nc2nc(OC(CC)C(=O)O)n(C)c(=O)c21. The second kappa shape index (κ2) is 8.31. The molecule has 10 heteroatoms. The van der Waals surface area contributed by atoms with Gasteiger partial charge in [0.2, 0.25) is 5.95 Å². The highest BCUT2D eigenvalue weighted by Crippen LogP contribution is 2.22. The van der Waals surface area contributed by atoms with Gasteiger partial charge in [0.25, 0.3) is 5.56 Å². The summed E-state index contributed by atoms with van der Waals surface area (Å²) in [4.78, 5) is 35.3. The van der Waals surface area contributed by atoms with Crippen LogP contribution in [0.25, 0.3) is 11.2 Å². The van der Waals surface area contributed by atoms with Gasteiger partial charge in [-0.3, -0.25) is 13.9 Å². The Morgan fingerprint density at radius 1 is 1.36 bits per heavy atom. The molecule has 2 aromatic rings. The molecule has 0 bridgehead atoms. The molecule has 0 aliphatic carbocycles. The molecule has 0 aromatic carbocycles. The van der Waals surface area contributed by atoms with Gasteiger partial charge in [-0.15, -0.1) is 5.92 Å². The first-order valence-electron chi connectivity index (χ1n) is 9.19. The van der Waals surface area contributed by atoms with Crippen molar-refractivity contribution in [2.75, 3.05) is 31.1 Å². The van der Waals surface area contributed by atoms with E-state index in [-0.39, 0.29) is 23.6 Å². The summed E-state index contributed by atoms with van der Waals surface area (Å²) in [5.41, 5.74) is 0.200. The molecule has 0 radical (unpaired) electrons. The number of aromatic nitrogens is 4. The van der Waals surface area contributed by atoms with E-state index < -0.39 is 12.1 Å². The van der Waals surface area contributed by atoms with E-state index >= 15 is 0 Å². The molecule has 1 saturated heterocycles. The summed E-state index contributed by atoms with van der Waals surface area (Å²) >= 11 is 0. The van der Waals surface area contributed by atoms with Gasteiger partial charge in [0.1, 0.15) is 0 Å². The van der Waals surface area contributed by atoms with Crippen LogP contribution in [-0.2, 0) is 18.4 Å². The third kappa shape index (κ3) is 3.66. The number of carbonyl (C=O) groups is 1. The van der Waals surface area contributed by atoms with Gasteiger partial charge < -0.3 is 20.1 Å². The van der Waals surface area contributed by atoms with E-state index in [0.29, 0.717) is 18.0 Å². The highest BCUT2D eigenvalue weighted by atomic mass is 16.5. The molecule has 2 aromatic heterocycles. The Bertz CT molecular complexity index is 993. The Labute approximate surface area is 162 Å². The standard InChI is InChI=1S/C18H24N6O4/c1-4-6-9-24-13-14(20-17(24)23-10-7-19-8-11-23)21-18(22(3)15(13)25)28-12(5-2)16(26)27/h12,19H,5,7-11H2,1-3H3,(H,26,27). The highest BCUT2D eigenvalue weighted by molar-refractivity contribution is 5.75. The maximum Gasteiger partial charge on any atom is 0.345 e. The van der Waals surface area contributed by atoms with E-state index in [1.807, 2.05) is 0 Å². The Balaban J connectivity index is 2.14. The summed E-state index contributed by atoms with van der Waals surface area (Å²) in [6.45, 7) is 6.89. The number of hydrogen-bond acceptors (Lipinski definition) is 7. The van der Waals surface area contributed by atoms with Crippen molar-refractivity contribution in [3.63, 3.8) is 0 Å². The maximum absolute atomic E-state index is 13.0. The van der Waals surface area contributed by atoms with E-state index in [1.165, 1.54) is 11.6 Å². The molecular weight excluding hydrogens is 364 g/mol. The van der Waals surface area contributed by atoms with Crippen molar-refractivity contribution in [3.05, 3.63) is 10.4 Å². The van der Waals surface area contributed by atoms with Crippen molar-refractivity contribution >= 4 is 23.1 Å². The van der Waals surface area contributed by atoms with Gasteiger partial charge in [-0.25, -0.2) is 4.79 Å². The smallest absolute Gasteiger partial charge is 0.345 e. The molecule has 10 nitrogen and oxygen atoms in total. The monoisotopic (exact) mass is 388 g/mol. The van der Waals surface area contributed by atoms with Gasteiger partial charge >= 0.3 is 12.0 Å². The fourth-order valence-electron chi connectivity index (χ4n) is 3.08. The topological polar surface area (TPSA) is 115 Å². The lowest BCUT2D eigenvalue weighted by molar-refractivity contribution is -0.145. The van der Waals surface area contributed by atoms with Crippen LogP contribution in [0.5, 0.6) is 6.01 Å². The molecule has 28 heavy (non-hydrogen) atoms. The van der Waals surface area contributed by atoms with Crippen LogP contribution in [0.2, 0.25) is 0 Å². The molecule has 1 aliphatic rings. The number of anilines is 1. The molecule has 0 spiro atoms. The Kier molecular flexibility index (Phi) is 5.84. The molecule has 1 unspecified atom stereocenters. The predicted molar refractivity (Wildman–Crippen MR) is 104 cm³/mol. The molecule has 1 atom stereocenters. The first kappa shape index (κ1) is 19.7. The quantitative estimate of drug-likeness (QED) is 0.654. The number of ether oxygens (including phenoxy) is 1. The lowest BCUT2D eigenvalue weighted by atomic mass is 10.3. The summed E-state index contributed by atoms with van der Waals surface area (Å²) in [5.74, 6) is 5.35. The number of aliphatic carboxylic acids is 1. The van der Waals surface area contributed by atoms with Crippen LogP contribution in [0, 0.1) is 11.8 Å². The van der Waals surface area contributed by atoms with Gasteiger partial charge in [0, 0.05) is 33.2 Å². The summed E-state index contributed by atoms with van der Waals surface area (Å²) < 4.78 is 8.46. The minimum Gasteiger partial charge on any atom is -0.479 e. The zero-order chi connectivity index (χ0) is 20.3. The van der Waals surface area contributed by atoms with E-state index in [0.717, 1.165) is 26.2 Å². The van der Waals surface area contributed by atoms with Crippen LogP contribution >= 0.6 is 0 Å². The van der Waals surface area contributed by atoms with E-state index in [1.54, 1.807) is 18.4 Å². The van der Waals surface area contributed by atoms with Crippen molar-refractivity contribution in [1.82, 2.24) is 24.4 Å². The van der Waals surface area contributed by atoms with Gasteiger partial charge in [0.05, 0.1) is 6.54 Å². The first-order valence-corrected chi connectivity index (χ1v) is 9.19. The third-order valence-corrected chi connectivity index (χ3v) is 4.63. The molecule has 150 valence electrons. The van der Waals surface area contributed by atoms with Crippen molar-refractivity contribution < 1.29 is 14.6 Å². The molecule has 0 amide bonds. The second-order valence-corrected chi connectivity index (χ2v) is 6.45. The highest BCUT2D eigenvalue weighted by Gasteiger charge is 2.25. The largest absolute Gasteiger partial charge is 0.479 e. The van der Waals surface area contributed by atoms with Crippen molar-refractivity contribution in [1.29, 1.82) is 0 Å². The number of nitrogens with one attached hydrogen (secondary N) is 1. The van der Waals surface area contributed by atoms with Gasteiger partial charge in [-0.1, -0.05) is 12.8 Å². The molecule has 3 heterocycles. The number of nitrogens with zero attached hydrogens (tertiary/aromatic N) is 5. The van der Waals surface area contributed by atoms with Crippen LogP contribution < -0.4 is 20.5 Å². The van der Waals surface area contributed by atoms with Crippen molar-refractivity contribution in [2.24, 2.45) is 7.05 Å². The van der Waals surface area contributed by atoms with Gasteiger partial charge in [-0.05, 0) is 13.3 Å². The number of carboxylic acid groups (broad SMARTS) is 1. The molecule has 0 saturated carbocycles. The molecule has 1 fully saturated rings.